The fourth-order valence-corrected chi connectivity index (χ4v) is 3.70. The van der Waals surface area contributed by atoms with E-state index in [2.05, 4.69) is 22.2 Å². The zero-order valence-electron chi connectivity index (χ0n) is 15.2. The van der Waals surface area contributed by atoms with E-state index >= 15 is 0 Å². The molecule has 142 valence electrons. The molecule has 0 aromatic carbocycles. The zero-order valence-corrected chi connectivity index (χ0v) is 16.8. The summed E-state index contributed by atoms with van der Waals surface area (Å²) in [6.07, 6.45) is 5.30. The molecule has 1 aliphatic heterocycles. The van der Waals surface area contributed by atoms with Crippen molar-refractivity contribution >= 4 is 46.1 Å². The number of aromatic nitrogens is 4. The van der Waals surface area contributed by atoms with Crippen molar-refractivity contribution in [2.75, 3.05) is 30.3 Å². The standard InChI is InChI=1S/C17H25ClN6OS/c1-3-10-26-17-21-14(23-7-4-5-8-23)13-11-20-24(15(13)22-17)9-6-19-16(25)12(2)18/h11-12H,3-10H2,1-2H3,(H,19,25). The Bertz CT molecular complexity index is 759. The fourth-order valence-electron chi connectivity index (χ4n) is 2.94. The summed E-state index contributed by atoms with van der Waals surface area (Å²) in [4.78, 5) is 23.5. The van der Waals surface area contributed by atoms with Crippen molar-refractivity contribution in [2.45, 2.75) is 50.2 Å². The van der Waals surface area contributed by atoms with Crippen LogP contribution in [0.1, 0.15) is 33.1 Å². The number of hydrogen-bond donors (Lipinski definition) is 1. The Morgan fingerprint density at radius 2 is 2.15 bits per heavy atom. The molecule has 9 heteroatoms. The minimum absolute atomic E-state index is 0.172. The minimum Gasteiger partial charge on any atom is -0.356 e. The number of alkyl halides is 1. The van der Waals surface area contributed by atoms with Gasteiger partial charge in [0, 0.05) is 25.4 Å². The molecule has 0 saturated carbocycles. The molecule has 1 amide bonds. The molecule has 0 bridgehead atoms. The van der Waals surface area contributed by atoms with Crippen LogP contribution in [0, 0.1) is 0 Å². The van der Waals surface area contributed by atoms with Crippen LogP contribution < -0.4 is 10.2 Å². The second-order valence-corrected chi connectivity index (χ2v) is 8.10. The SMILES string of the molecule is CCCSc1nc(N2CCCC2)c2cnn(CCNC(=O)C(C)Cl)c2n1. The lowest BCUT2D eigenvalue weighted by Crippen LogP contribution is -2.32. The molecule has 1 unspecified atom stereocenters. The fraction of sp³-hybridized carbons (Fsp3) is 0.647. The average molecular weight is 397 g/mol. The molecule has 7 nitrogen and oxygen atoms in total. The summed E-state index contributed by atoms with van der Waals surface area (Å²) in [7, 11) is 0. The van der Waals surface area contributed by atoms with Gasteiger partial charge in [0.2, 0.25) is 5.91 Å². The number of anilines is 1. The molecule has 2 aromatic heterocycles. The van der Waals surface area contributed by atoms with Gasteiger partial charge in [-0.1, -0.05) is 18.7 Å². The van der Waals surface area contributed by atoms with Gasteiger partial charge in [-0.15, -0.1) is 11.6 Å². The lowest BCUT2D eigenvalue weighted by molar-refractivity contribution is -0.120. The smallest absolute Gasteiger partial charge is 0.237 e. The Morgan fingerprint density at radius 1 is 1.38 bits per heavy atom. The first-order valence-electron chi connectivity index (χ1n) is 9.13. The van der Waals surface area contributed by atoms with Gasteiger partial charge < -0.3 is 10.2 Å². The molecule has 0 radical (unpaired) electrons. The summed E-state index contributed by atoms with van der Waals surface area (Å²) in [6, 6.07) is 0. The van der Waals surface area contributed by atoms with Crippen molar-refractivity contribution in [3.63, 3.8) is 0 Å². The summed E-state index contributed by atoms with van der Waals surface area (Å²) in [5.41, 5.74) is 0.827. The highest BCUT2D eigenvalue weighted by Crippen LogP contribution is 2.29. The topological polar surface area (TPSA) is 75.9 Å². The number of thioether (sulfide) groups is 1. The van der Waals surface area contributed by atoms with E-state index in [9.17, 15) is 4.79 Å². The van der Waals surface area contributed by atoms with Gasteiger partial charge in [-0.2, -0.15) is 5.10 Å². The van der Waals surface area contributed by atoms with Crippen LogP contribution in [0.5, 0.6) is 0 Å². The number of carbonyl (C=O) groups excluding carboxylic acids is 1. The van der Waals surface area contributed by atoms with Crippen LogP contribution in [0.4, 0.5) is 5.82 Å². The van der Waals surface area contributed by atoms with E-state index in [1.165, 1.54) is 12.8 Å². The van der Waals surface area contributed by atoms with E-state index < -0.39 is 5.38 Å². The summed E-state index contributed by atoms with van der Waals surface area (Å²) in [5.74, 6) is 1.80. The van der Waals surface area contributed by atoms with Crippen LogP contribution in [-0.2, 0) is 11.3 Å². The Hall–Kier alpha value is -1.54. The van der Waals surface area contributed by atoms with Gasteiger partial charge >= 0.3 is 0 Å². The van der Waals surface area contributed by atoms with E-state index in [0.29, 0.717) is 13.1 Å². The Labute approximate surface area is 162 Å². The number of fused-ring (bicyclic) bond motifs is 1. The number of hydrogen-bond acceptors (Lipinski definition) is 6. The van der Waals surface area contributed by atoms with Gasteiger partial charge in [0.25, 0.3) is 0 Å². The number of rotatable bonds is 8. The Kier molecular flexibility index (Phi) is 6.58. The lowest BCUT2D eigenvalue weighted by atomic mass is 10.3. The van der Waals surface area contributed by atoms with E-state index in [1.54, 1.807) is 18.7 Å². The van der Waals surface area contributed by atoms with Crippen molar-refractivity contribution in [1.82, 2.24) is 25.1 Å². The third-order valence-electron chi connectivity index (χ3n) is 4.28. The molecule has 1 atom stereocenters. The molecule has 2 aromatic rings. The van der Waals surface area contributed by atoms with Gasteiger partial charge in [0.15, 0.2) is 10.8 Å². The van der Waals surface area contributed by atoms with Gasteiger partial charge in [-0.25, -0.2) is 14.6 Å². The highest BCUT2D eigenvalue weighted by Gasteiger charge is 2.20. The van der Waals surface area contributed by atoms with E-state index in [0.717, 1.165) is 47.3 Å². The molecular formula is C17H25ClN6OS. The van der Waals surface area contributed by atoms with E-state index in [1.807, 2.05) is 10.9 Å². The predicted octanol–water partition coefficient (Wildman–Crippen LogP) is 2.67. The maximum absolute atomic E-state index is 11.6. The van der Waals surface area contributed by atoms with E-state index in [4.69, 9.17) is 21.6 Å². The number of amides is 1. The van der Waals surface area contributed by atoms with Crippen LogP contribution in [0.2, 0.25) is 0 Å². The molecule has 1 saturated heterocycles. The highest BCUT2D eigenvalue weighted by atomic mass is 35.5. The highest BCUT2D eigenvalue weighted by molar-refractivity contribution is 7.99. The van der Waals surface area contributed by atoms with Crippen molar-refractivity contribution in [1.29, 1.82) is 0 Å². The number of nitrogens with one attached hydrogen (secondary N) is 1. The second-order valence-electron chi connectivity index (χ2n) is 6.38. The summed E-state index contributed by atoms with van der Waals surface area (Å²) in [5, 5.41) is 8.53. The first-order chi connectivity index (χ1) is 12.6. The van der Waals surface area contributed by atoms with Crippen LogP contribution in [0.25, 0.3) is 11.0 Å². The molecule has 1 aliphatic rings. The van der Waals surface area contributed by atoms with Gasteiger partial charge in [0.05, 0.1) is 18.1 Å². The largest absolute Gasteiger partial charge is 0.356 e. The average Bonchev–Trinajstić information content (AvgIpc) is 3.29. The molecular weight excluding hydrogens is 372 g/mol. The quantitative estimate of drug-likeness (QED) is 0.420. The van der Waals surface area contributed by atoms with Gasteiger partial charge in [0.1, 0.15) is 11.2 Å². The molecule has 26 heavy (non-hydrogen) atoms. The summed E-state index contributed by atoms with van der Waals surface area (Å²) < 4.78 is 1.84. The maximum atomic E-state index is 11.6. The van der Waals surface area contributed by atoms with Crippen molar-refractivity contribution in [3.8, 4) is 0 Å². The third kappa shape index (κ3) is 4.40. The monoisotopic (exact) mass is 396 g/mol. The van der Waals surface area contributed by atoms with Crippen molar-refractivity contribution in [2.24, 2.45) is 0 Å². The molecule has 0 aliphatic carbocycles. The molecule has 3 rings (SSSR count). The minimum atomic E-state index is -0.537. The zero-order chi connectivity index (χ0) is 18.5. The number of halogens is 1. The molecule has 1 fully saturated rings. The first-order valence-corrected chi connectivity index (χ1v) is 10.6. The van der Waals surface area contributed by atoms with E-state index in [-0.39, 0.29) is 5.91 Å². The molecule has 1 N–H and O–H groups in total. The summed E-state index contributed by atoms with van der Waals surface area (Å²) >= 11 is 7.46. The third-order valence-corrected chi connectivity index (χ3v) is 5.53. The Balaban J connectivity index is 1.85. The normalized spacial score (nSPS) is 15.6. The second kappa shape index (κ2) is 8.90. The first kappa shape index (κ1) is 19.2. The maximum Gasteiger partial charge on any atom is 0.237 e. The van der Waals surface area contributed by atoms with Crippen LogP contribution >= 0.6 is 23.4 Å². The van der Waals surface area contributed by atoms with Crippen LogP contribution in [-0.4, -0.2) is 56.4 Å². The van der Waals surface area contributed by atoms with Gasteiger partial charge in [-0.05, 0) is 26.2 Å². The summed E-state index contributed by atoms with van der Waals surface area (Å²) in [6.45, 7) is 6.88. The predicted molar refractivity (Wildman–Crippen MR) is 106 cm³/mol. The van der Waals surface area contributed by atoms with Crippen LogP contribution in [0.3, 0.4) is 0 Å². The molecule has 3 heterocycles. The van der Waals surface area contributed by atoms with Crippen molar-refractivity contribution in [3.05, 3.63) is 6.20 Å². The lowest BCUT2D eigenvalue weighted by Gasteiger charge is -2.18. The van der Waals surface area contributed by atoms with Crippen molar-refractivity contribution < 1.29 is 4.79 Å². The van der Waals surface area contributed by atoms with Gasteiger partial charge in [-0.3, -0.25) is 4.79 Å². The van der Waals surface area contributed by atoms with Crippen LogP contribution in [0.15, 0.2) is 11.4 Å². The number of nitrogens with zero attached hydrogens (tertiary/aromatic N) is 5. The Morgan fingerprint density at radius 3 is 2.85 bits per heavy atom. The number of carbonyl (C=O) groups is 1. The molecule has 0 spiro atoms.